The molecule has 0 radical (unpaired) electrons. The molecule has 0 rings (SSSR count). The standard InChI is InChI=1S/C6H15NO3.C3H6O3/c8-4-1-7(2-5-9)3-6-10;1-2(4)3(5)6/h8-10H,1-6H2;2,4H,1H3,(H,5,6)/t;2-/m.0/s1. The first-order chi connectivity index (χ1) is 7.49. The Morgan fingerprint density at radius 2 is 1.31 bits per heavy atom. The smallest absolute Gasteiger partial charge is 0.332 e. The molecular weight excluding hydrogens is 218 g/mol. The van der Waals surface area contributed by atoms with E-state index in [1.165, 1.54) is 6.92 Å². The minimum Gasteiger partial charge on any atom is -0.479 e. The van der Waals surface area contributed by atoms with E-state index in [4.69, 9.17) is 25.5 Å². The van der Waals surface area contributed by atoms with Gasteiger partial charge in [0.25, 0.3) is 0 Å². The molecule has 7 nitrogen and oxygen atoms in total. The van der Waals surface area contributed by atoms with Crippen molar-refractivity contribution < 1.29 is 30.3 Å². The van der Waals surface area contributed by atoms with Crippen LogP contribution < -0.4 is 0 Å². The van der Waals surface area contributed by atoms with Crippen molar-refractivity contribution >= 4 is 5.97 Å². The highest BCUT2D eigenvalue weighted by Crippen LogP contribution is 1.84. The molecule has 0 aliphatic carbocycles. The van der Waals surface area contributed by atoms with Gasteiger partial charge < -0.3 is 25.5 Å². The van der Waals surface area contributed by atoms with Crippen molar-refractivity contribution in [2.24, 2.45) is 0 Å². The molecular formula is C9H21NO6. The van der Waals surface area contributed by atoms with Crippen LogP contribution in [0.2, 0.25) is 0 Å². The molecule has 0 aromatic rings. The summed E-state index contributed by atoms with van der Waals surface area (Å²) < 4.78 is 0. The molecule has 0 saturated carbocycles. The van der Waals surface area contributed by atoms with E-state index >= 15 is 0 Å². The molecule has 0 heterocycles. The number of hydrogen-bond acceptors (Lipinski definition) is 6. The number of aliphatic carboxylic acids is 1. The summed E-state index contributed by atoms with van der Waals surface area (Å²) in [5, 5.41) is 41.2. The van der Waals surface area contributed by atoms with Crippen molar-refractivity contribution in [1.82, 2.24) is 4.90 Å². The average molecular weight is 239 g/mol. The van der Waals surface area contributed by atoms with Crippen molar-refractivity contribution in [1.29, 1.82) is 0 Å². The Morgan fingerprint density at radius 3 is 1.44 bits per heavy atom. The predicted octanol–water partition coefficient (Wildman–Crippen LogP) is -2.28. The lowest BCUT2D eigenvalue weighted by Crippen LogP contribution is -2.32. The topological polar surface area (TPSA) is 121 Å². The van der Waals surface area contributed by atoms with Crippen molar-refractivity contribution in [3.8, 4) is 0 Å². The van der Waals surface area contributed by atoms with Gasteiger partial charge in [-0.2, -0.15) is 0 Å². The number of nitrogens with zero attached hydrogens (tertiary/aromatic N) is 1. The summed E-state index contributed by atoms with van der Waals surface area (Å²) in [7, 11) is 0. The van der Waals surface area contributed by atoms with Gasteiger partial charge in [0.05, 0.1) is 19.8 Å². The van der Waals surface area contributed by atoms with E-state index in [1.807, 2.05) is 0 Å². The van der Waals surface area contributed by atoms with Crippen LogP contribution in [0.25, 0.3) is 0 Å². The summed E-state index contributed by atoms with van der Waals surface area (Å²) in [6.45, 7) is 2.95. The first kappa shape index (κ1) is 17.7. The number of aliphatic hydroxyl groups excluding tert-OH is 4. The highest BCUT2D eigenvalue weighted by atomic mass is 16.4. The fourth-order valence-electron chi connectivity index (χ4n) is 0.760. The fourth-order valence-corrected chi connectivity index (χ4v) is 0.760. The van der Waals surface area contributed by atoms with Crippen molar-refractivity contribution in [3.05, 3.63) is 0 Å². The molecule has 0 aliphatic rings. The van der Waals surface area contributed by atoms with Gasteiger partial charge in [-0.05, 0) is 6.92 Å². The third-order valence-corrected chi connectivity index (χ3v) is 1.61. The number of rotatable bonds is 7. The van der Waals surface area contributed by atoms with Crippen molar-refractivity contribution in [3.63, 3.8) is 0 Å². The Morgan fingerprint density at radius 1 is 1.06 bits per heavy atom. The van der Waals surface area contributed by atoms with Crippen LogP contribution in [-0.4, -0.2) is 82.0 Å². The van der Waals surface area contributed by atoms with E-state index in [0.717, 1.165) is 0 Å². The van der Waals surface area contributed by atoms with E-state index in [1.54, 1.807) is 4.90 Å². The van der Waals surface area contributed by atoms with Crippen LogP contribution in [0.15, 0.2) is 0 Å². The summed E-state index contributed by atoms with van der Waals surface area (Å²) >= 11 is 0. The molecule has 0 aromatic carbocycles. The van der Waals surface area contributed by atoms with Gasteiger partial charge in [0, 0.05) is 19.6 Å². The molecule has 5 N–H and O–H groups in total. The zero-order valence-corrected chi connectivity index (χ0v) is 9.41. The highest BCUT2D eigenvalue weighted by molar-refractivity contribution is 5.71. The van der Waals surface area contributed by atoms with Gasteiger partial charge in [-0.15, -0.1) is 0 Å². The van der Waals surface area contributed by atoms with E-state index in [2.05, 4.69) is 0 Å². The first-order valence-corrected chi connectivity index (χ1v) is 4.95. The Hall–Kier alpha value is -0.730. The van der Waals surface area contributed by atoms with Gasteiger partial charge >= 0.3 is 5.97 Å². The molecule has 0 aromatic heterocycles. The Labute approximate surface area is 94.6 Å². The van der Waals surface area contributed by atoms with Gasteiger partial charge in [0.1, 0.15) is 6.10 Å². The van der Waals surface area contributed by atoms with Crippen LogP contribution in [0.5, 0.6) is 0 Å². The number of carboxylic acid groups (broad SMARTS) is 1. The summed E-state index contributed by atoms with van der Waals surface area (Å²) in [5.41, 5.74) is 0. The van der Waals surface area contributed by atoms with E-state index in [-0.39, 0.29) is 19.8 Å². The lowest BCUT2D eigenvalue weighted by molar-refractivity contribution is -0.145. The number of carbonyl (C=O) groups is 1. The lowest BCUT2D eigenvalue weighted by atomic mass is 10.4. The first-order valence-electron chi connectivity index (χ1n) is 4.95. The third-order valence-electron chi connectivity index (χ3n) is 1.61. The summed E-state index contributed by atoms with van der Waals surface area (Å²) in [6.07, 6.45) is -1.23. The molecule has 16 heavy (non-hydrogen) atoms. The van der Waals surface area contributed by atoms with Gasteiger partial charge in [-0.1, -0.05) is 0 Å². The average Bonchev–Trinajstić information content (AvgIpc) is 2.19. The Kier molecular flexibility index (Phi) is 13.6. The molecule has 1 atom stereocenters. The van der Waals surface area contributed by atoms with E-state index < -0.39 is 12.1 Å². The minimum absolute atomic E-state index is 0.0694. The molecule has 0 aliphatic heterocycles. The summed E-state index contributed by atoms with van der Waals surface area (Å²) in [4.78, 5) is 11.2. The highest BCUT2D eigenvalue weighted by Gasteiger charge is 2.01. The second-order valence-electron chi connectivity index (χ2n) is 3.03. The number of aliphatic hydroxyl groups is 4. The third kappa shape index (κ3) is 13.3. The van der Waals surface area contributed by atoms with E-state index in [0.29, 0.717) is 19.6 Å². The summed E-state index contributed by atoms with van der Waals surface area (Å²) in [5.74, 6) is -1.19. The molecule has 98 valence electrons. The molecule has 0 fully saturated rings. The van der Waals surface area contributed by atoms with Crippen molar-refractivity contribution in [2.75, 3.05) is 39.5 Å². The van der Waals surface area contributed by atoms with Crippen LogP contribution in [0.3, 0.4) is 0 Å². The van der Waals surface area contributed by atoms with Crippen LogP contribution in [0.1, 0.15) is 6.92 Å². The predicted molar refractivity (Wildman–Crippen MR) is 57.0 cm³/mol. The molecule has 0 amide bonds. The molecule has 0 unspecified atom stereocenters. The van der Waals surface area contributed by atoms with Crippen molar-refractivity contribution in [2.45, 2.75) is 13.0 Å². The normalized spacial score (nSPS) is 11.9. The SMILES string of the molecule is C[C@H](O)C(=O)O.OCCN(CCO)CCO. The van der Waals surface area contributed by atoms with Gasteiger partial charge in [0.2, 0.25) is 0 Å². The number of carboxylic acids is 1. The maximum atomic E-state index is 9.45. The molecule has 0 saturated heterocycles. The maximum absolute atomic E-state index is 9.45. The lowest BCUT2D eigenvalue weighted by Gasteiger charge is -2.17. The monoisotopic (exact) mass is 239 g/mol. The maximum Gasteiger partial charge on any atom is 0.332 e. The van der Waals surface area contributed by atoms with Gasteiger partial charge in [-0.3, -0.25) is 4.90 Å². The van der Waals surface area contributed by atoms with Crippen LogP contribution in [0, 0.1) is 0 Å². The second kappa shape index (κ2) is 12.3. The number of hydrogen-bond donors (Lipinski definition) is 5. The van der Waals surface area contributed by atoms with Crippen LogP contribution in [-0.2, 0) is 4.79 Å². The minimum atomic E-state index is -1.23. The van der Waals surface area contributed by atoms with Gasteiger partial charge in [-0.25, -0.2) is 4.79 Å². The second-order valence-corrected chi connectivity index (χ2v) is 3.03. The largest absolute Gasteiger partial charge is 0.479 e. The quantitative estimate of drug-likeness (QED) is 0.339. The zero-order chi connectivity index (χ0) is 13.0. The summed E-state index contributed by atoms with van der Waals surface area (Å²) in [6, 6.07) is 0. The zero-order valence-electron chi connectivity index (χ0n) is 9.41. The molecule has 0 bridgehead atoms. The van der Waals surface area contributed by atoms with Crippen LogP contribution >= 0.6 is 0 Å². The van der Waals surface area contributed by atoms with Gasteiger partial charge in [0.15, 0.2) is 0 Å². The molecule has 7 heteroatoms. The van der Waals surface area contributed by atoms with E-state index in [9.17, 15) is 4.79 Å². The Bertz CT molecular complexity index is 150. The molecule has 0 spiro atoms. The fraction of sp³-hybridized carbons (Fsp3) is 0.889. The van der Waals surface area contributed by atoms with Crippen LogP contribution in [0.4, 0.5) is 0 Å². The Balaban J connectivity index is 0.